The number of nitrogens with one attached hydrogen (secondary N) is 1. The van der Waals surface area contributed by atoms with Gasteiger partial charge in [-0.25, -0.2) is 0 Å². The predicted octanol–water partition coefficient (Wildman–Crippen LogP) is 1.67. The van der Waals surface area contributed by atoms with Crippen LogP contribution in [0.15, 0.2) is 53.3 Å². The number of nitrogens with two attached hydrogens (primary N) is 1. The van der Waals surface area contributed by atoms with Gasteiger partial charge in [0, 0.05) is 28.9 Å². The van der Waals surface area contributed by atoms with Crippen molar-refractivity contribution >= 4 is 27.7 Å². The minimum atomic E-state index is -0.758. The van der Waals surface area contributed by atoms with Crippen LogP contribution < -0.4 is 11.1 Å². The fraction of sp³-hybridized carbons (Fsp3) is 0.133. The maximum Gasteiger partial charge on any atom is 0.252 e. The van der Waals surface area contributed by atoms with E-state index in [1.165, 1.54) is 12.4 Å². The Bertz CT molecular complexity index is 629. The number of carbonyl (C=O) groups excluding carboxylic acids is 2. The highest BCUT2D eigenvalue weighted by Crippen LogP contribution is 2.12. The monoisotopic (exact) mass is 347 g/mol. The molecule has 0 aliphatic carbocycles. The van der Waals surface area contributed by atoms with Crippen molar-refractivity contribution in [2.75, 3.05) is 0 Å². The first-order chi connectivity index (χ1) is 10.1. The van der Waals surface area contributed by atoms with Gasteiger partial charge in [0.25, 0.3) is 5.91 Å². The zero-order valence-corrected chi connectivity index (χ0v) is 12.7. The fourth-order valence-electron chi connectivity index (χ4n) is 1.82. The Balaban J connectivity index is 2.07. The molecule has 0 unspecified atom stereocenters. The van der Waals surface area contributed by atoms with Gasteiger partial charge in [0.2, 0.25) is 5.91 Å². The summed E-state index contributed by atoms with van der Waals surface area (Å²) >= 11 is 3.34. The maximum absolute atomic E-state index is 12.0. The van der Waals surface area contributed by atoms with Crippen molar-refractivity contribution in [1.29, 1.82) is 0 Å². The molecule has 2 rings (SSSR count). The van der Waals surface area contributed by atoms with Crippen molar-refractivity contribution < 1.29 is 9.59 Å². The molecule has 0 fully saturated rings. The van der Waals surface area contributed by atoms with Crippen LogP contribution in [-0.4, -0.2) is 22.8 Å². The predicted molar refractivity (Wildman–Crippen MR) is 82.5 cm³/mol. The van der Waals surface area contributed by atoms with Crippen LogP contribution in [0.2, 0.25) is 0 Å². The summed E-state index contributed by atoms with van der Waals surface area (Å²) in [6.45, 7) is 0. The standard InChI is InChI=1S/C15H14BrN3O2/c16-12-3-1-10(2-4-12)9-13(14(17)20)19-15(21)11-5-7-18-8-6-11/h1-8,13H,9H2,(H2,17,20)(H,19,21)/t13-/m1/s1. The molecule has 1 atom stereocenters. The minimum Gasteiger partial charge on any atom is -0.368 e. The summed E-state index contributed by atoms with van der Waals surface area (Å²) in [7, 11) is 0. The van der Waals surface area contributed by atoms with E-state index in [0.29, 0.717) is 12.0 Å². The summed E-state index contributed by atoms with van der Waals surface area (Å²) in [5, 5.41) is 2.64. The van der Waals surface area contributed by atoms with Gasteiger partial charge >= 0.3 is 0 Å². The molecule has 6 heteroatoms. The maximum atomic E-state index is 12.0. The van der Waals surface area contributed by atoms with Gasteiger partial charge in [-0.05, 0) is 29.8 Å². The molecule has 1 aromatic carbocycles. The Morgan fingerprint density at radius 3 is 2.33 bits per heavy atom. The Labute approximate surface area is 130 Å². The number of benzene rings is 1. The molecule has 0 aliphatic rings. The van der Waals surface area contributed by atoms with Gasteiger partial charge in [0.05, 0.1) is 0 Å². The molecule has 0 spiro atoms. The molecule has 5 nitrogen and oxygen atoms in total. The lowest BCUT2D eigenvalue weighted by Crippen LogP contribution is -2.45. The number of nitrogens with zero attached hydrogens (tertiary/aromatic N) is 1. The second-order valence-electron chi connectivity index (χ2n) is 4.49. The summed E-state index contributed by atoms with van der Waals surface area (Å²) in [6, 6.07) is 9.89. The third kappa shape index (κ3) is 4.39. The van der Waals surface area contributed by atoms with E-state index >= 15 is 0 Å². The van der Waals surface area contributed by atoms with Crippen molar-refractivity contribution in [1.82, 2.24) is 10.3 Å². The second kappa shape index (κ2) is 6.99. The Kier molecular flexibility index (Phi) is 5.05. The molecule has 0 bridgehead atoms. The number of pyridine rings is 1. The van der Waals surface area contributed by atoms with Crippen molar-refractivity contribution in [3.63, 3.8) is 0 Å². The normalized spacial score (nSPS) is 11.7. The molecule has 0 aliphatic heterocycles. The van der Waals surface area contributed by atoms with Crippen LogP contribution >= 0.6 is 15.9 Å². The SMILES string of the molecule is NC(=O)[C@@H](Cc1ccc(Br)cc1)NC(=O)c1ccncc1. The summed E-state index contributed by atoms with van der Waals surface area (Å²) < 4.78 is 0.947. The quantitative estimate of drug-likeness (QED) is 0.862. The van der Waals surface area contributed by atoms with Crippen LogP contribution in [0.3, 0.4) is 0 Å². The molecule has 108 valence electrons. The lowest BCUT2D eigenvalue weighted by atomic mass is 10.1. The van der Waals surface area contributed by atoms with E-state index < -0.39 is 11.9 Å². The molecular formula is C15H14BrN3O2. The molecule has 1 aromatic heterocycles. The number of carbonyl (C=O) groups is 2. The Morgan fingerprint density at radius 2 is 1.76 bits per heavy atom. The van der Waals surface area contributed by atoms with E-state index in [4.69, 9.17) is 5.73 Å². The number of aromatic nitrogens is 1. The van der Waals surface area contributed by atoms with Crippen molar-refractivity contribution in [3.05, 3.63) is 64.4 Å². The van der Waals surface area contributed by atoms with Crippen LogP contribution in [0, 0.1) is 0 Å². The highest BCUT2D eigenvalue weighted by atomic mass is 79.9. The summed E-state index contributed by atoms with van der Waals surface area (Å²) in [5.41, 5.74) is 6.72. The number of hydrogen-bond acceptors (Lipinski definition) is 3. The zero-order chi connectivity index (χ0) is 15.2. The van der Waals surface area contributed by atoms with Crippen molar-refractivity contribution in [2.45, 2.75) is 12.5 Å². The highest BCUT2D eigenvalue weighted by Gasteiger charge is 2.19. The second-order valence-corrected chi connectivity index (χ2v) is 5.41. The third-order valence-corrected chi connectivity index (χ3v) is 3.47. The summed E-state index contributed by atoms with van der Waals surface area (Å²) in [4.78, 5) is 27.4. The lowest BCUT2D eigenvalue weighted by molar-refractivity contribution is -0.119. The molecule has 0 radical (unpaired) electrons. The molecule has 0 saturated heterocycles. The third-order valence-electron chi connectivity index (χ3n) is 2.94. The first-order valence-corrected chi connectivity index (χ1v) is 7.10. The molecule has 1 heterocycles. The summed E-state index contributed by atoms with van der Waals surface area (Å²) in [6.07, 6.45) is 3.38. The van der Waals surface area contributed by atoms with Gasteiger partial charge in [-0.3, -0.25) is 14.6 Å². The Morgan fingerprint density at radius 1 is 1.14 bits per heavy atom. The van der Waals surface area contributed by atoms with Gasteiger partial charge in [-0.15, -0.1) is 0 Å². The smallest absolute Gasteiger partial charge is 0.252 e. The number of amides is 2. The van der Waals surface area contributed by atoms with Gasteiger partial charge in [0.15, 0.2) is 0 Å². The van der Waals surface area contributed by atoms with Gasteiger partial charge in [-0.1, -0.05) is 28.1 Å². The molecule has 2 amide bonds. The topological polar surface area (TPSA) is 85.1 Å². The van der Waals surface area contributed by atoms with E-state index in [0.717, 1.165) is 10.0 Å². The highest BCUT2D eigenvalue weighted by molar-refractivity contribution is 9.10. The number of halogens is 1. The average molecular weight is 348 g/mol. The molecule has 21 heavy (non-hydrogen) atoms. The molecule has 2 aromatic rings. The first kappa shape index (κ1) is 15.2. The number of primary amides is 1. The fourth-order valence-corrected chi connectivity index (χ4v) is 2.09. The largest absolute Gasteiger partial charge is 0.368 e. The van der Waals surface area contributed by atoms with Gasteiger partial charge in [0.1, 0.15) is 6.04 Å². The number of rotatable bonds is 5. The lowest BCUT2D eigenvalue weighted by Gasteiger charge is -2.15. The van der Waals surface area contributed by atoms with Crippen molar-refractivity contribution in [2.24, 2.45) is 5.73 Å². The Hall–Kier alpha value is -2.21. The van der Waals surface area contributed by atoms with E-state index in [-0.39, 0.29) is 5.91 Å². The molecule has 3 N–H and O–H groups in total. The van der Waals surface area contributed by atoms with Crippen LogP contribution in [0.5, 0.6) is 0 Å². The van der Waals surface area contributed by atoms with Gasteiger partial charge < -0.3 is 11.1 Å². The summed E-state index contributed by atoms with van der Waals surface area (Å²) in [5.74, 6) is -0.918. The van der Waals surface area contributed by atoms with Crippen LogP contribution in [0.25, 0.3) is 0 Å². The van der Waals surface area contributed by atoms with E-state index in [1.807, 2.05) is 24.3 Å². The minimum absolute atomic E-state index is 0.347. The van der Waals surface area contributed by atoms with E-state index in [1.54, 1.807) is 12.1 Å². The van der Waals surface area contributed by atoms with Crippen LogP contribution in [0.1, 0.15) is 15.9 Å². The van der Waals surface area contributed by atoms with Crippen LogP contribution in [0.4, 0.5) is 0 Å². The van der Waals surface area contributed by atoms with E-state index in [9.17, 15) is 9.59 Å². The van der Waals surface area contributed by atoms with Crippen LogP contribution in [-0.2, 0) is 11.2 Å². The zero-order valence-electron chi connectivity index (χ0n) is 11.1. The van der Waals surface area contributed by atoms with Crippen molar-refractivity contribution in [3.8, 4) is 0 Å². The molecule has 0 saturated carbocycles. The van der Waals surface area contributed by atoms with E-state index in [2.05, 4.69) is 26.2 Å². The number of hydrogen-bond donors (Lipinski definition) is 2. The first-order valence-electron chi connectivity index (χ1n) is 6.31. The average Bonchev–Trinajstić information content (AvgIpc) is 2.49. The van der Waals surface area contributed by atoms with Gasteiger partial charge in [-0.2, -0.15) is 0 Å². The molecular weight excluding hydrogens is 334 g/mol.